The van der Waals surface area contributed by atoms with Gasteiger partial charge in [-0.05, 0) is 47.9 Å². The van der Waals surface area contributed by atoms with E-state index in [1.165, 1.54) is 24.3 Å². The van der Waals surface area contributed by atoms with E-state index in [1.54, 1.807) is 12.1 Å². The van der Waals surface area contributed by atoms with Crippen LogP contribution < -0.4 is 16.0 Å². The van der Waals surface area contributed by atoms with E-state index in [1.807, 2.05) is 42.5 Å². The number of hydrogen-bond donors (Lipinski definition) is 3. The zero-order valence-electron chi connectivity index (χ0n) is 17.8. The van der Waals surface area contributed by atoms with Crippen molar-refractivity contribution in [3.8, 4) is 0 Å². The molecule has 0 atom stereocenters. The number of nitrogens with one attached hydrogen (secondary N) is 3. The van der Waals surface area contributed by atoms with Crippen molar-refractivity contribution in [3.05, 3.63) is 102 Å². The third-order valence-corrected chi connectivity index (χ3v) is 5.09. The number of fused-ring (bicyclic) bond motifs is 1. The van der Waals surface area contributed by atoms with Crippen molar-refractivity contribution in [2.45, 2.75) is 6.18 Å². The van der Waals surface area contributed by atoms with Gasteiger partial charge in [-0.25, -0.2) is 0 Å². The molecule has 4 aromatic rings. The van der Waals surface area contributed by atoms with Gasteiger partial charge in [0.15, 0.2) is 0 Å². The van der Waals surface area contributed by atoms with E-state index in [9.17, 15) is 22.8 Å². The van der Waals surface area contributed by atoms with Crippen LogP contribution in [0.5, 0.6) is 0 Å². The van der Waals surface area contributed by atoms with Gasteiger partial charge in [-0.2, -0.15) is 13.2 Å². The number of rotatable bonds is 6. The quantitative estimate of drug-likeness (QED) is 0.321. The fourth-order valence-corrected chi connectivity index (χ4v) is 3.46. The van der Waals surface area contributed by atoms with Crippen LogP contribution in [0.4, 0.5) is 30.2 Å². The van der Waals surface area contributed by atoms with E-state index in [-0.39, 0.29) is 23.7 Å². The van der Waals surface area contributed by atoms with Gasteiger partial charge >= 0.3 is 6.18 Å². The van der Waals surface area contributed by atoms with Gasteiger partial charge in [-0.3, -0.25) is 9.59 Å². The fourth-order valence-electron chi connectivity index (χ4n) is 3.46. The molecule has 0 fully saturated rings. The van der Waals surface area contributed by atoms with Crippen LogP contribution in [-0.2, 0) is 11.0 Å². The summed E-state index contributed by atoms with van der Waals surface area (Å²) in [6.07, 6.45) is -4.50. The van der Waals surface area contributed by atoms with E-state index < -0.39 is 17.6 Å². The maximum atomic E-state index is 12.9. The van der Waals surface area contributed by atoms with Gasteiger partial charge in [0, 0.05) is 28.0 Å². The van der Waals surface area contributed by atoms with E-state index in [0.717, 1.165) is 22.9 Å². The Balaban J connectivity index is 1.39. The largest absolute Gasteiger partial charge is 0.416 e. The van der Waals surface area contributed by atoms with Gasteiger partial charge in [-0.15, -0.1) is 0 Å². The molecule has 2 amide bonds. The summed E-state index contributed by atoms with van der Waals surface area (Å²) >= 11 is 0. The average molecular weight is 463 g/mol. The topological polar surface area (TPSA) is 70.2 Å². The molecule has 0 saturated carbocycles. The predicted octanol–water partition coefficient (Wildman–Crippen LogP) is 6.16. The number of carbonyl (C=O) groups excluding carboxylic acids is 2. The number of alkyl halides is 3. The number of hydrogen-bond acceptors (Lipinski definition) is 3. The van der Waals surface area contributed by atoms with Gasteiger partial charge in [0.25, 0.3) is 5.91 Å². The SMILES string of the molecule is O=C(CNc1cccc(C(=O)Nc2cccc(C(F)(F)F)c2)c1)Nc1cccc2ccccc12. The lowest BCUT2D eigenvalue weighted by molar-refractivity contribution is -0.137. The molecule has 0 unspecified atom stereocenters. The highest BCUT2D eigenvalue weighted by molar-refractivity contribution is 6.05. The van der Waals surface area contributed by atoms with Crippen molar-refractivity contribution >= 4 is 39.6 Å². The number of halogens is 3. The molecule has 0 aromatic heterocycles. The molecule has 0 aliphatic rings. The first kappa shape index (κ1) is 22.8. The van der Waals surface area contributed by atoms with Crippen LogP contribution in [0.1, 0.15) is 15.9 Å². The summed E-state index contributed by atoms with van der Waals surface area (Å²) in [5.41, 5.74) is 0.631. The summed E-state index contributed by atoms with van der Waals surface area (Å²) < 4.78 is 38.7. The zero-order chi connectivity index (χ0) is 24.1. The fraction of sp³-hybridized carbons (Fsp3) is 0.0769. The van der Waals surface area contributed by atoms with Crippen LogP contribution >= 0.6 is 0 Å². The molecule has 4 aromatic carbocycles. The van der Waals surface area contributed by atoms with E-state index >= 15 is 0 Å². The van der Waals surface area contributed by atoms with E-state index in [4.69, 9.17) is 0 Å². The standard InChI is InChI=1S/C26H20F3N3O2/c27-26(28,29)19-9-5-11-21(15-19)31-25(34)18-8-3-10-20(14-18)30-16-24(33)32-23-13-4-7-17-6-1-2-12-22(17)23/h1-15,30H,16H2,(H,31,34)(H,32,33). The molecule has 5 nitrogen and oxygen atoms in total. The number of amides is 2. The lowest BCUT2D eigenvalue weighted by atomic mass is 10.1. The Hall–Kier alpha value is -4.33. The Morgan fingerprint density at radius 2 is 1.44 bits per heavy atom. The Labute approximate surface area is 193 Å². The summed E-state index contributed by atoms with van der Waals surface area (Å²) in [4.78, 5) is 25.0. The van der Waals surface area contributed by atoms with Crippen molar-refractivity contribution in [1.82, 2.24) is 0 Å². The lowest BCUT2D eigenvalue weighted by Crippen LogP contribution is -2.22. The summed E-state index contributed by atoms with van der Waals surface area (Å²) in [5, 5.41) is 10.2. The lowest BCUT2D eigenvalue weighted by Gasteiger charge is -2.12. The Kier molecular flexibility index (Phi) is 6.49. The summed E-state index contributed by atoms with van der Waals surface area (Å²) in [5.74, 6) is -0.835. The first-order valence-electron chi connectivity index (χ1n) is 10.4. The molecule has 0 heterocycles. The van der Waals surface area contributed by atoms with Gasteiger partial charge in [0.1, 0.15) is 0 Å². The predicted molar refractivity (Wildman–Crippen MR) is 127 cm³/mol. The van der Waals surface area contributed by atoms with E-state index in [0.29, 0.717) is 11.4 Å². The van der Waals surface area contributed by atoms with Crippen molar-refractivity contribution in [2.24, 2.45) is 0 Å². The molecule has 0 saturated heterocycles. The van der Waals surface area contributed by atoms with Gasteiger partial charge in [0.05, 0.1) is 12.1 Å². The summed E-state index contributed by atoms with van der Waals surface area (Å²) in [7, 11) is 0. The molecule has 34 heavy (non-hydrogen) atoms. The normalized spacial score (nSPS) is 11.1. The van der Waals surface area contributed by atoms with Crippen LogP contribution in [0.3, 0.4) is 0 Å². The van der Waals surface area contributed by atoms with Gasteiger partial charge < -0.3 is 16.0 Å². The first-order chi connectivity index (χ1) is 16.3. The third-order valence-electron chi connectivity index (χ3n) is 5.09. The van der Waals surface area contributed by atoms with Crippen molar-refractivity contribution in [2.75, 3.05) is 22.5 Å². The monoisotopic (exact) mass is 463 g/mol. The number of anilines is 3. The highest BCUT2D eigenvalue weighted by Crippen LogP contribution is 2.30. The Bertz CT molecular complexity index is 1350. The summed E-state index contributed by atoms with van der Waals surface area (Å²) in [6.45, 7) is -0.0398. The van der Waals surface area contributed by atoms with Gasteiger partial charge in [0.2, 0.25) is 5.91 Å². The number of carbonyl (C=O) groups is 2. The van der Waals surface area contributed by atoms with Crippen LogP contribution in [0.25, 0.3) is 10.8 Å². The zero-order valence-corrected chi connectivity index (χ0v) is 17.8. The molecule has 0 spiro atoms. The minimum absolute atomic E-state index is 0.0349. The summed E-state index contributed by atoms with van der Waals surface area (Å²) in [6, 6.07) is 24.1. The van der Waals surface area contributed by atoms with Crippen LogP contribution in [0.2, 0.25) is 0 Å². The molecular weight excluding hydrogens is 443 g/mol. The molecule has 4 rings (SSSR count). The first-order valence-corrected chi connectivity index (χ1v) is 10.4. The molecule has 0 radical (unpaired) electrons. The van der Waals surface area contributed by atoms with Gasteiger partial charge in [-0.1, -0.05) is 48.5 Å². The maximum Gasteiger partial charge on any atom is 0.416 e. The molecule has 3 N–H and O–H groups in total. The molecular formula is C26H20F3N3O2. The Morgan fingerprint density at radius 1 is 0.735 bits per heavy atom. The van der Waals surface area contributed by atoms with Crippen molar-refractivity contribution in [3.63, 3.8) is 0 Å². The smallest absolute Gasteiger partial charge is 0.376 e. The minimum atomic E-state index is -4.50. The second-order valence-corrected chi connectivity index (χ2v) is 7.54. The average Bonchev–Trinajstić information content (AvgIpc) is 2.83. The molecule has 8 heteroatoms. The second kappa shape index (κ2) is 9.66. The van der Waals surface area contributed by atoms with Crippen molar-refractivity contribution in [1.29, 1.82) is 0 Å². The highest BCUT2D eigenvalue weighted by atomic mass is 19.4. The van der Waals surface area contributed by atoms with Crippen LogP contribution in [0, 0.1) is 0 Å². The second-order valence-electron chi connectivity index (χ2n) is 7.54. The van der Waals surface area contributed by atoms with Crippen molar-refractivity contribution < 1.29 is 22.8 Å². The minimum Gasteiger partial charge on any atom is -0.376 e. The number of benzene rings is 4. The molecule has 0 bridgehead atoms. The van der Waals surface area contributed by atoms with E-state index in [2.05, 4.69) is 16.0 Å². The molecule has 0 aliphatic carbocycles. The maximum absolute atomic E-state index is 12.9. The highest BCUT2D eigenvalue weighted by Gasteiger charge is 2.30. The van der Waals surface area contributed by atoms with Crippen LogP contribution in [-0.4, -0.2) is 18.4 Å². The Morgan fingerprint density at radius 3 is 2.26 bits per heavy atom. The third kappa shape index (κ3) is 5.53. The molecule has 172 valence electrons. The molecule has 0 aliphatic heterocycles. The van der Waals surface area contributed by atoms with Crippen LogP contribution in [0.15, 0.2) is 91.0 Å².